The number of benzene rings is 2. The molecule has 128 valence electrons. The van der Waals surface area contributed by atoms with Gasteiger partial charge in [-0.15, -0.1) is 11.8 Å². The van der Waals surface area contributed by atoms with Crippen molar-refractivity contribution < 1.29 is 14.3 Å². The van der Waals surface area contributed by atoms with Gasteiger partial charge in [-0.25, -0.2) is 0 Å². The molecule has 0 spiro atoms. The first-order valence-electron chi connectivity index (χ1n) is 7.53. The van der Waals surface area contributed by atoms with Gasteiger partial charge >= 0.3 is 0 Å². The number of hydrogen-bond donors (Lipinski definition) is 1. The summed E-state index contributed by atoms with van der Waals surface area (Å²) in [7, 11) is 1.63. The van der Waals surface area contributed by atoms with E-state index in [1.807, 2.05) is 36.4 Å². The van der Waals surface area contributed by atoms with E-state index in [2.05, 4.69) is 5.32 Å². The van der Waals surface area contributed by atoms with Crippen molar-refractivity contribution in [3.63, 3.8) is 0 Å². The maximum absolute atomic E-state index is 11.8. The lowest BCUT2D eigenvalue weighted by Crippen LogP contribution is -2.25. The summed E-state index contributed by atoms with van der Waals surface area (Å²) >= 11 is 7.35. The Morgan fingerprint density at radius 2 is 1.96 bits per heavy atom. The molecular weight excluding hydrogens is 346 g/mol. The van der Waals surface area contributed by atoms with Gasteiger partial charge in [-0.2, -0.15) is 0 Å². The van der Waals surface area contributed by atoms with Crippen LogP contribution in [0.1, 0.15) is 5.56 Å². The van der Waals surface area contributed by atoms with E-state index in [-0.39, 0.29) is 5.91 Å². The minimum absolute atomic E-state index is 0.00862. The van der Waals surface area contributed by atoms with E-state index in [9.17, 15) is 4.79 Å². The van der Waals surface area contributed by atoms with Crippen molar-refractivity contribution in [1.29, 1.82) is 0 Å². The molecule has 0 radical (unpaired) electrons. The highest BCUT2D eigenvalue weighted by Gasteiger charge is 2.03. The van der Waals surface area contributed by atoms with Crippen LogP contribution in [0.2, 0.25) is 5.02 Å². The fraction of sp³-hybridized carbons (Fsp3) is 0.278. The molecule has 0 saturated carbocycles. The van der Waals surface area contributed by atoms with Gasteiger partial charge in [0.2, 0.25) is 5.91 Å². The first-order chi connectivity index (χ1) is 11.7. The van der Waals surface area contributed by atoms with Crippen molar-refractivity contribution in [3.8, 4) is 11.5 Å². The van der Waals surface area contributed by atoms with Crippen LogP contribution < -0.4 is 14.8 Å². The van der Waals surface area contributed by atoms with E-state index in [1.165, 1.54) is 11.8 Å². The van der Waals surface area contributed by atoms with Crippen LogP contribution in [0.4, 0.5) is 0 Å². The molecule has 2 rings (SSSR count). The molecule has 0 aromatic heterocycles. The fourth-order valence-electron chi connectivity index (χ4n) is 1.95. The summed E-state index contributed by atoms with van der Waals surface area (Å²) in [4.78, 5) is 11.8. The zero-order chi connectivity index (χ0) is 17.2. The summed E-state index contributed by atoms with van der Waals surface area (Å²) in [5.74, 6) is 2.73. The first-order valence-corrected chi connectivity index (χ1v) is 9.06. The lowest BCUT2D eigenvalue weighted by atomic mass is 10.2. The number of halogens is 1. The Labute approximate surface area is 151 Å². The largest absolute Gasteiger partial charge is 0.497 e. The second kappa shape index (κ2) is 10.1. The Balaban J connectivity index is 1.58. The highest BCUT2D eigenvalue weighted by atomic mass is 35.5. The normalized spacial score (nSPS) is 10.2. The Morgan fingerprint density at radius 3 is 2.71 bits per heavy atom. The molecule has 0 aliphatic rings. The monoisotopic (exact) mass is 365 g/mol. The van der Waals surface area contributed by atoms with Crippen LogP contribution in [0.25, 0.3) is 0 Å². The highest BCUT2D eigenvalue weighted by molar-refractivity contribution is 7.99. The van der Waals surface area contributed by atoms with E-state index in [1.54, 1.807) is 19.2 Å². The van der Waals surface area contributed by atoms with E-state index in [4.69, 9.17) is 21.1 Å². The molecule has 0 unspecified atom stereocenters. The summed E-state index contributed by atoms with van der Waals surface area (Å²) in [5, 5.41) is 3.58. The van der Waals surface area contributed by atoms with Gasteiger partial charge in [-0.05, 0) is 42.0 Å². The van der Waals surface area contributed by atoms with Gasteiger partial charge in [0, 0.05) is 17.3 Å². The third kappa shape index (κ3) is 6.72. The molecule has 0 saturated heterocycles. The van der Waals surface area contributed by atoms with Gasteiger partial charge in [0.1, 0.15) is 11.5 Å². The van der Waals surface area contributed by atoms with E-state index in [0.717, 1.165) is 22.8 Å². The fourth-order valence-corrected chi connectivity index (χ4v) is 2.71. The standard InChI is InChI=1S/C18H20ClNO3S/c1-22-17-4-2-3-14(11-17)12-20-18(21)13-24-10-9-23-16-7-5-15(19)6-8-16/h2-8,11H,9-10,12-13H2,1H3,(H,20,21). The lowest BCUT2D eigenvalue weighted by Gasteiger charge is -2.08. The summed E-state index contributed by atoms with van der Waals surface area (Å²) in [6, 6.07) is 14.9. The number of amides is 1. The first kappa shape index (κ1) is 18.5. The minimum atomic E-state index is 0.00862. The van der Waals surface area contributed by atoms with E-state index < -0.39 is 0 Å². The Hall–Kier alpha value is -1.85. The molecule has 2 aromatic carbocycles. The second-order valence-corrected chi connectivity index (χ2v) is 6.52. The van der Waals surface area contributed by atoms with E-state index in [0.29, 0.717) is 23.9 Å². The number of ether oxygens (including phenoxy) is 2. The van der Waals surface area contributed by atoms with Crippen LogP contribution in [-0.4, -0.2) is 31.1 Å². The zero-order valence-electron chi connectivity index (χ0n) is 13.5. The molecule has 0 heterocycles. The average Bonchev–Trinajstić information content (AvgIpc) is 2.61. The quantitative estimate of drug-likeness (QED) is 0.687. The Kier molecular flexibility index (Phi) is 7.79. The topological polar surface area (TPSA) is 47.6 Å². The lowest BCUT2D eigenvalue weighted by molar-refractivity contribution is -0.118. The smallest absolute Gasteiger partial charge is 0.230 e. The molecule has 0 aliphatic carbocycles. The van der Waals surface area contributed by atoms with Crippen molar-refractivity contribution in [1.82, 2.24) is 5.32 Å². The third-order valence-corrected chi connectivity index (χ3v) is 4.34. The number of thioether (sulfide) groups is 1. The molecule has 0 bridgehead atoms. The molecule has 6 heteroatoms. The number of carbonyl (C=O) groups excluding carboxylic acids is 1. The number of rotatable bonds is 9. The SMILES string of the molecule is COc1cccc(CNC(=O)CSCCOc2ccc(Cl)cc2)c1. The predicted octanol–water partition coefficient (Wildman–Crippen LogP) is 3.78. The van der Waals surface area contributed by atoms with Gasteiger partial charge in [0.25, 0.3) is 0 Å². The predicted molar refractivity (Wildman–Crippen MR) is 99.1 cm³/mol. The molecule has 2 aromatic rings. The molecule has 1 N–H and O–H groups in total. The molecule has 24 heavy (non-hydrogen) atoms. The molecule has 0 aliphatic heterocycles. The van der Waals surface area contributed by atoms with Crippen LogP contribution in [0.5, 0.6) is 11.5 Å². The molecular formula is C18H20ClNO3S. The van der Waals surface area contributed by atoms with Gasteiger partial charge in [-0.1, -0.05) is 23.7 Å². The van der Waals surface area contributed by atoms with Gasteiger partial charge in [0.05, 0.1) is 19.5 Å². The Morgan fingerprint density at radius 1 is 1.17 bits per heavy atom. The third-order valence-electron chi connectivity index (χ3n) is 3.17. The van der Waals surface area contributed by atoms with Crippen molar-refractivity contribution >= 4 is 29.3 Å². The van der Waals surface area contributed by atoms with Crippen LogP contribution in [0, 0.1) is 0 Å². The highest BCUT2D eigenvalue weighted by Crippen LogP contribution is 2.16. The zero-order valence-corrected chi connectivity index (χ0v) is 15.0. The van der Waals surface area contributed by atoms with Gasteiger partial charge in [-0.3, -0.25) is 4.79 Å². The average molecular weight is 366 g/mol. The molecule has 0 atom stereocenters. The maximum Gasteiger partial charge on any atom is 0.230 e. The van der Waals surface area contributed by atoms with E-state index >= 15 is 0 Å². The summed E-state index contributed by atoms with van der Waals surface area (Å²) in [5.41, 5.74) is 1.01. The van der Waals surface area contributed by atoms with Crippen molar-refractivity contribution in [2.75, 3.05) is 25.2 Å². The van der Waals surface area contributed by atoms with Crippen LogP contribution >= 0.6 is 23.4 Å². The second-order valence-electron chi connectivity index (χ2n) is 4.98. The summed E-state index contributed by atoms with van der Waals surface area (Å²) < 4.78 is 10.7. The van der Waals surface area contributed by atoms with Gasteiger partial charge in [0.15, 0.2) is 0 Å². The van der Waals surface area contributed by atoms with Crippen molar-refractivity contribution in [2.45, 2.75) is 6.54 Å². The van der Waals surface area contributed by atoms with Crippen LogP contribution in [0.15, 0.2) is 48.5 Å². The molecule has 0 fully saturated rings. The maximum atomic E-state index is 11.8. The summed E-state index contributed by atoms with van der Waals surface area (Å²) in [6.07, 6.45) is 0. The van der Waals surface area contributed by atoms with Crippen molar-refractivity contribution in [3.05, 3.63) is 59.1 Å². The number of nitrogens with one attached hydrogen (secondary N) is 1. The molecule has 1 amide bonds. The molecule has 4 nitrogen and oxygen atoms in total. The van der Waals surface area contributed by atoms with Crippen molar-refractivity contribution in [2.24, 2.45) is 0 Å². The van der Waals surface area contributed by atoms with Crippen LogP contribution in [-0.2, 0) is 11.3 Å². The number of methoxy groups -OCH3 is 1. The minimum Gasteiger partial charge on any atom is -0.497 e. The number of carbonyl (C=O) groups is 1. The van der Waals surface area contributed by atoms with Gasteiger partial charge < -0.3 is 14.8 Å². The number of hydrogen-bond acceptors (Lipinski definition) is 4. The Bertz CT molecular complexity index is 649. The summed E-state index contributed by atoms with van der Waals surface area (Å²) in [6.45, 7) is 1.05. The van der Waals surface area contributed by atoms with Crippen LogP contribution in [0.3, 0.4) is 0 Å².